The van der Waals surface area contributed by atoms with Crippen molar-refractivity contribution in [3.05, 3.63) is 84.3 Å². The summed E-state index contributed by atoms with van der Waals surface area (Å²) < 4.78 is 0. The number of benzene rings is 2. The van der Waals surface area contributed by atoms with Crippen molar-refractivity contribution in [2.45, 2.75) is 19.8 Å². The van der Waals surface area contributed by atoms with Gasteiger partial charge in [-0.3, -0.25) is 0 Å². The Morgan fingerprint density at radius 3 is 2.48 bits per heavy atom. The molecular weight excluding hydrogens is 306 g/mol. The van der Waals surface area contributed by atoms with Gasteiger partial charge >= 0.3 is 0 Å². The maximum atomic E-state index is 4.36. The Morgan fingerprint density at radius 1 is 1.12 bits per heavy atom. The number of fused-ring (bicyclic) bond motifs is 1. The fourth-order valence-corrected chi connectivity index (χ4v) is 3.36. The molecule has 3 nitrogen and oxygen atoms in total. The summed E-state index contributed by atoms with van der Waals surface area (Å²) in [5, 5.41) is 3.42. The quantitative estimate of drug-likeness (QED) is 0.585. The molecule has 0 saturated heterocycles. The molecule has 0 fully saturated rings. The Kier molecular flexibility index (Phi) is 5.03. The second kappa shape index (κ2) is 7.39. The Morgan fingerprint density at radius 2 is 1.80 bits per heavy atom. The standard InChI is InChI=1S/C22H25N3/c1-5-20(24-18-11-7-6-8-12-18)22(23-4)25-15-16(2)17(3)19-13-9-10-14-21(19)25/h5-14,16-17,24H,1,4,15H2,2-3H3/b22-20-. The van der Waals surface area contributed by atoms with Crippen LogP contribution in [0.15, 0.2) is 83.8 Å². The molecule has 1 aliphatic rings. The zero-order chi connectivity index (χ0) is 17.8. The van der Waals surface area contributed by atoms with E-state index < -0.39 is 0 Å². The number of hydrogen-bond donors (Lipinski definition) is 1. The minimum Gasteiger partial charge on any atom is -0.353 e. The Bertz CT molecular complexity index is 792. The highest BCUT2D eigenvalue weighted by Crippen LogP contribution is 2.40. The van der Waals surface area contributed by atoms with Crippen LogP contribution >= 0.6 is 0 Å². The van der Waals surface area contributed by atoms with E-state index in [4.69, 9.17) is 0 Å². The van der Waals surface area contributed by atoms with E-state index in [0.29, 0.717) is 11.8 Å². The van der Waals surface area contributed by atoms with E-state index in [0.717, 1.165) is 23.8 Å². The molecular formula is C22H25N3. The fourth-order valence-electron chi connectivity index (χ4n) is 3.36. The fraction of sp³-hybridized carbons (Fsp3) is 0.227. The lowest BCUT2D eigenvalue weighted by Crippen LogP contribution is -2.36. The molecule has 1 heterocycles. The average molecular weight is 331 g/mol. The average Bonchev–Trinajstić information content (AvgIpc) is 2.66. The van der Waals surface area contributed by atoms with Gasteiger partial charge in [0.15, 0.2) is 5.82 Å². The lowest BCUT2D eigenvalue weighted by molar-refractivity contribution is 0.468. The van der Waals surface area contributed by atoms with Crippen molar-refractivity contribution in [1.29, 1.82) is 0 Å². The van der Waals surface area contributed by atoms with Gasteiger partial charge in [0, 0.05) is 17.9 Å². The molecule has 3 rings (SSSR count). The molecule has 1 aliphatic heterocycles. The number of anilines is 2. The van der Waals surface area contributed by atoms with Crippen molar-refractivity contribution in [1.82, 2.24) is 0 Å². The second-order valence-electron chi connectivity index (χ2n) is 6.53. The second-order valence-corrected chi connectivity index (χ2v) is 6.53. The summed E-state index contributed by atoms with van der Waals surface area (Å²) in [6.45, 7) is 13.3. The monoisotopic (exact) mass is 331 g/mol. The van der Waals surface area contributed by atoms with Gasteiger partial charge in [-0.15, -0.1) is 0 Å². The van der Waals surface area contributed by atoms with Gasteiger partial charge in [-0.05, 0) is 48.4 Å². The van der Waals surface area contributed by atoms with E-state index >= 15 is 0 Å². The molecule has 0 aromatic heterocycles. The molecule has 0 saturated carbocycles. The van der Waals surface area contributed by atoms with E-state index in [1.54, 1.807) is 0 Å². The number of para-hydroxylation sites is 2. The van der Waals surface area contributed by atoms with Gasteiger partial charge in [0.25, 0.3) is 0 Å². The molecule has 0 bridgehead atoms. The van der Waals surface area contributed by atoms with Crippen molar-refractivity contribution >= 4 is 18.1 Å². The molecule has 2 unspecified atom stereocenters. The first-order valence-electron chi connectivity index (χ1n) is 8.67. The first-order valence-corrected chi connectivity index (χ1v) is 8.67. The smallest absolute Gasteiger partial charge is 0.156 e. The van der Waals surface area contributed by atoms with Gasteiger partial charge in [-0.2, -0.15) is 0 Å². The summed E-state index contributed by atoms with van der Waals surface area (Å²) >= 11 is 0. The van der Waals surface area contributed by atoms with E-state index in [9.17, 15) is 0 Å². The summed E-state index contributed by atoms with van der Waals surface area (Å²) in [5.41, 5.74) is 4.42. The van der Waals surface area contributed by atoms with Crippen LogP contribution in [0, 0.1) is 5.92 Å². The molecule has 0 radical (unpaired) electrons. The van der Waals surface area contributed by atoms with Crippen LogP contribution in [0.1, 0.15) is 25.3 Å². The molecule has 1 N–H and O–H groups in total. The van der Waals surface area contributed by atoms with Crippen molar-refractivity contribution in [2.24, 2.45) is 10.9 Å². The zero-order valence-electron chi connectivity index (χ0n) is 14.9. The third kappa shape index (κ3) is 3.36. The summed E-state index contributed by atoms with van der Waals surface area (Å²) in [6, 6.07) is 18.6. The number of allylic oxidation sites excluding steroid dienone is 1. The topological polar surface area (TPSA) is 27.6 Å². The van der Waals surface area contributed by atoms with Crippen LogP contribution in [0.3, 0.4) is 0 Å². The van der Waals surface area contributed by atoms with Crippen LogP contribution in [0.2, 0.25) is 0 Å². The van der Waals surface area contributed by atoms with Crippen molar-refractivity contribution in [3.63, 3.8) is 0 Å². The predicted octanol–water partition coefficient (Wildman–Crippen LogP) is 5.41. The van der Waals surface area contributed by atoms with Crippen molar-refractivity contribution < 1.29 is 0 Å². The van der Waals surface area contributed by atoms with Crippen LogP contribution in [0.4, 0.5) is 11.4 Å². The molecule has 0 aliphatic carbocycles. The number of nitrogens with zero attached hydrogens (tertiary/aromatic N) is 2. The van der Waals surface area contributed by atoms with E-state index in [1.165, 1.54) is 11.3 Å². The lowest BCUT2D eigenvalue weighted by atomic mass is 9.83. The van der Waals surface area contributed by atoms with Crippen LogP contribution in [0.25, 0.3) is 0 Å². The highest BCUT2D eigenvalue weighted by molar-refractivity contribution is 5.64. The summed E-state index contributed by atoms with van der Waals surface area (Å²) in [5.74, 6) is 1.85. The maximum Gasteiger partial charge on any atom is 0.156 e. The van der Waals surface area contributed by atoms with Gasteiger partial charge in [0.2, 0.25) is 0 Å². The molecule has 25 heavy (non-hydrogen) atoms. The number of nitrogens with one attached hydrogen (secondary N) is 1. The molecule has 2 aromatic rings. The third-order valence-corrected chi connectivity index (χ3v) is 4.95. The minimum absolute atomic E-state index is 0.521. The highest BCUT2D eigenvalue weighted by Gasteiger charge is 2.30. The van der Waals surface area contributed by atoms with Crippen molar-refractivity contribution in [2.75, 3.05) is 16.8 Å². The minimum atomic E-state index is 0.521. The number of hydrogen-bond acceptors (Lipinski definition) is 3. The zero-order valence-corrected chi connectivity index (χ0v) is 14.9. The number of rotatable bonds is 5. The van der Waals surface area contributed by atoms with Crippen LogP contribution < -0.4 is 10.2 Å². The van der Waals surface area contributed by atoms with E-state index in [2.05, 4.69) is 66.6 Å². The van der Waals surface area contributed by atoms with Gasteiger partial charge in [0.1, 0.15) is 0 Å². The van der Waals surface area contributed by atoms with Crippen LogP contribution in [-0.4, -0.2) is 13.3 Å². The molecule has 3 heteroatoms. The molecule has 128 valence electrons. The van der Waals surface area contributed by atoms with Gasteiger partial charge in [0.05, 0.1) is 5.70 Å². The lowest BCUT2D eigenvalue weighted by Gasteiger charge is -2.39. The van der Waals surface area contributed by atoms with Crippen LogP contribution in [-0.2, 0) is 0 Å². The molecule has 2 aromatic carbocycles. The Labute approximate surface area is 150 Å². The SMILES string of the molecule is C=C/C(Nc1ccccc1)=C(\N=C)N1CC(C)C(C)c2ccccc21. The van der Waals surface area contributed by atoms with Crippen LogP contribution in [0.5, 0.6) is 0 Å². The van der Waals surface area contributed by atoms with Crippen molar-refractivity contribution in [3.8, 4) is 0 Å². The highest BCUT2D eigenvalue weighted by atomic mass is 15.2. The molecule has 2 atom stereocenters. The maximum absolute atomic E-state index is 4.36. The summed E-state index contributed by atoms with van der Waals surface area (Å²) in [6.07, 6.45) is 1.81. The van der Waals surface area contributed by atoms with E-state index in [-0.39, 0.29) is 0 Å². The molecule has 0 spiro atoms. The largest absolute Gasteiger partial charge is 0.353 e. The Balaban J connectivity index is 2.06. The summed E-state index contributed by atoms with van der Waals surface area (Å²) in [7, 11) is 0. The predicted molar refractivity (Wildman–Crippen MR) is 108 cm³/mol. The third-order valence-electron chi connectivity index (χ3n) is 4.95. The van der Waals surface area contributed by atoms with Gasteiger partial charge in [-0.1, -0.05) is 56.8 Å². The van der Waals surface area contributed by atoms with E-state index in [1.807, 2.05) is 36.4 Å². The normalized spacial score (nSPS) is 20.3. The Hall–Kier alpha value is -2.81. The van der Waals surface area contributed by atoms with Gasteiger partial charge < -0.3 is 10.2 Å². The van der Waals surface area contributed by atoms with Gasteiger partial charge in [-0.25, -0.2) is 4.99 Å². The molecule has 0 amide bonds. The first kappa shape index (κ1) is 17.0. The summed E-state index contributed by atoms with van der Waals surface area (Å²) in [4.78, 5) is 6.61. The first-order chi connectivity index (χ1) is 12.2. The number of aliphatic imine (C=N–C) groups is 1.